The minimum absolute atomic E-state index is 0.0622. The van der Waals surface area contributed by atoms with E-state index in [4.69, 9.17) is 5.73 Å². The van der Waals surface area contributed by atoms with Gasteiger partial charge >= 0.3 is 12.3 Å². The molecule has 1 atom stereocenters. The molecule has 0 radical (unpaired) electrons. The number of hydrogen-bond acceptors (Lipinski definition) is 8. The maximum absolute atomic E-state index is 13.1. The highest BCUT2D eigenvalue weighted by atomic mass is 32.2. The number of aliphatic carboxylic acids is 1. The largest absolute Gasteiger partial charge is 0.573 e. The summed E-state index contributed by atoms with van der Waals surface area (Å²) in [7, 11) is -4.30. The van der Waals surface area contributed by atoms with Gasteiger partial charge in [-0.15, -0.1) is 13.2 Å². The Morgan fingerprint density at radius 3 is 2.19 bits per heavy atom. The van der Waals surface area contributed by atoms with Crippen LogP contribution in [0.15, 0.2) is 58.4 Å². The topological polar surface area (TPSA) is 143 Å². The molecule has 0 saturated carbocycles. The van der Waals surface area contributed by atoms with E-state index in [1.807, 2.05) is 0 Å². The fourth-order valence-corrected chi connectivity index (χ4v) is 6.32. The summed E-state index contributed by atoms with van der Waals surface area (Å²) in [5.41, 5.74) is 6.29. The minimum Gasteiger partial charge on any atom is -0.480 e. The SMILES string of the molecule is CCC(F)(F)c1ccc(CN)cc1.O=C1CSC(N2CCN(S(=O)(=O)c3ccc(OC(F)(F)F)cc3)[C@@H](C(=O)O)C2)=N1. The van der Waals surface area contributed by atoms with Crippen molar-refractivity contribution in [1.82, 2.24) is 9.21 Å². The molecular formula is C25H27F5N4O6S2. The first-order valence-electron chi connectivity index (χ1n) is 12.3. The minimum atomic E-state index is -4.92. The van der Waals surface area contributed by atoms with Gasteiger partial charge in [0.1, 0.15) is 11.8 Å². The number of amidine groups is 1. The average Bonchev–Trinajstić information content (AvgIpc) is 3.38. The first kappa shape index (κ1) is 33.2. The van der Waals surface area contributed by atoms with Crippen molar-refractivity contribution in [3.63, 3.8) is 0 Å². The molecule has 10 nitrogen and oxygen atoms in total. The molecule has 0 aliphatic carbocycles. The van der Waals surface area contributed by atoms with E-state index in [0.29, 0.717) is 11.7 Å². The van der Waals surface area contributed by atoms with Crippen LogP contribution in [0.25, 0.3) is 0 Å². The number of ether oxygens (including phenoxy) is 1. The number of piperazine rings is 1. The lowest BCUT2D eigenvalue weighted by Crippen LogP contribution is -2.58. The normalized spacial score (nSPS) is 18.3. The van der Waals surface area contributed by atoms with Crippen LogP contribution >= 0.6 is 11.8 Å². The van der Waals surface area contributed by atoms with Crippen LogP contribution in [-0.4, -0.2) is 77.6 Å². The van der Waals surface area contributed by atoms with Crippen LogP contribution in [-0.2, 0) is 32.1 Å². The molecule has 2 aromatic rings. The fraction of sp³-hybridized carbons (Fsp3) is 0.400. The number of hydrogen-bond donors (Lipinski definition) is 2. The number of nitrogens with two attached hydrogens (primary N) is 1. The Labute approximate surface area is 242 Å². The number of halogens is 5. The van der Waals surface area contributed by atoms with Crippen molar-refractivity contribution < 1.29 is 49.8 Å². The van der Waals surface area contributed by atoms with Crippen LogP contribution in [0.2, 0.25) is 0 Å². The third-order valence-corrected chi connectivity index (χ3v) is 9.07. The van der Waals surface area contributed by atoms with Crippen LogP contribution in [0.3, 0.4) is 0 Å². The maximum Gasteiger partial charge on any atom is 0.573 e. The third-order valence-electron chi connectivity index (χ3n) is 6.15. The first-order chi connectivity index (χ1) is 19.6. The average molecular weight is 639 g/mol. The van der Waals surface area contributed by atoms with Crippen LogP contribution in [0.4, 0.5) is 22.0 Å². The number of carbonyl (C=O) groups excluding carboxylic acids is 1. The molecule has 4 rings (SSSR count). The van der Waals surface area contributed by atoms with E-state index >= 15 is 0 Å². The molecule has 0 unspecified atom stereocenters. The van der Waals surface area contributed by atoms with E-state index in [1.54, 1.807) is 12.1 Å². The molecule has 1 saturated heterocycles. The van der Waals surface area contributed by atoms with Gasteiger partial charge in [-0.05, 0) is 29.8 Å². The molecule has 0 aromatic heterocycles. The number of amides is 1. The number of benzene rings is 2. The van der Waals surface area contributed by atoms with Crippen LogP contribution in [0, 0.1) is 0 Å². The monoisotopic (exact) mass is 638 g/mol. The molecule has 2 aliphatic rings. The summed E-state index contributed by atoms with van der Waals surface area (Å²) < 4.78 is 93.1. The highest BCUT2D eigenvalue weighted by Gasteiger charge is 2.42. The number of alkyl halides is 5. The molecule has 230 valence electrons. The van der Waals surface area contributed by atoms with Crippen molar-refractivity contribution in [3.05, 3.63) is 59.7 Å². The quantitative estimate of drug-likeness (QED) is 0.435. The highest BCUT2D eigenvalue weighted by Crippen LogP contribution is 2.31. The summed E-state index contributed by atoms with van der Waals surface area (Å²) in [6.45, 7) is 1.54. The van der Waals surface area contributed by atoms with Crippen LogP contribution < -0.4 is 10.5 Å². The summed E-state index contributed by atoms with van der Waals surface area (Å²) >= 11 is 1.14. The summed E-state index contributed by atoms with van der Waals surface area (Å²) in [6.07, 6.45) is -5.09. The molecule has 0 spiro atoms. The molecule has 2 aromatic carbocycles. The number of carboxylic acid groups (broad SMARTS) is 1. The van der Waals surface area contributed by atoms with Crippen LogP contribution in [0.1, 0.15) is 24.5 Å². The van der Waals surface area contributed by atoms with Gasteiger partial charge < -0.3 is 20.5 Å². The third kappa shape index (κ3) is 8.39. The maximum atomic E-state index is 13.1. The Morgan fingerprint density at radius 1 is 1.10 bits per heavy atom. The van der Waals surface area contributed by atoms with Crippen molar-refractivity contribution in [2.75, 3.05) is 25.4 Å². The molecule has 3 N–H and O–H groups in total. The summed E-state index contributed by atoms with van der Waals surface area (Å²) in [5, 5.41) is 9.85. The van der Waals surface area contributed by atoms with E-state index in [9.17, 15) is 45.1 Å². The van der Waals surface area contributed by atoms with E-state index in [0.717, 1.165) is 45.9 Å². The number of carbonyl (C=O) groups is 2. The van der Waals surface area contributed by atoms with Crippen LogP contribution in [0.5, 0.6) is 5.75 Å². The molecule has 17 heteroatoms. The number of nitrogens with zero attached hydrogens (tertiary/aromatic N) is 3. The van der Waals surface area contributed by atoms with E-state index in [2.05, 4.69) is 9.73 Å². The van der Waals surface area contributed by atoms with Gasteiger partial charge in [0.25, 0.3) is 11.8 Å². The number of aliphatic imine (C=N–C) groups is 1. The molecule has 1 amide bonds. The zero-order chi connectivity index (χ0) is 31.3. The number of sulfonamides is 1. The Morgan fingerprint density at radius 2 is 1.71 bits per heavy atom. The second kappa shape index (κ2) is 13.4. The summed E-state index contributed by atoms with van der Waals surface area (Å²) in [5.74, 6) is -4.93. The number of rotatable bonds is 7. The second-order valence-electron chi connectivity index (χ2n) is 8.97. The molecule has 2 aliphatic heterocycles. The van der Waals surface area contributed by atoms with Gasteiger partial charge in [0, 0.05) is 38.2 Å². The zero-order valence-corrected chi connectivity index (χ0v) is 23.7. The molecule has 42 heavy (non-hydrogen) atoms. The summed E-state index contributed by atoms with van der Waals surface area (Å²) in [4.78, 5) is 27.9. The van der Waals surface area contributed by atoms with Crippen molar-refractivity contribution in [2.24, 2.45) is 10.7 Å². The van der Waals surface area contributed by atoms with Crippen molar-refractivity contribution in [2.45, 2.75) is 43.1 Å². The first-order valence-corrected chi connectivity index (χ1v) is 14.8. The smallest absolute Gasteiger partial charge is 0.480 e. The molecule has 2 heterocycles. The van der Waals surface area contributed by atoms with Gasteiger partial charge in [-0.1, -0.05) is 43.0 Å². The Balaban J connectivity index is 0.000000312. The highest BCUT2D eigenvalue weighted by molar-refractivity contribution is 8.14. The Kier molecular flexibility index (Phi) is 10.6. The predicted molar refractivity (Wildman–Crippen MR) is 143 cm³/mol. The van der Waals surface area contributed by atoms with E-state index < -0.39 is 40.1 Å². The van der Waals surface area contributed by atoms with E-state index in [1.165, 1.54) is 24.0 Å². The molecule has 1 fully saturated rings. The second-order valence-corrected chi connectivity index (χ2v) is 11.8. The van der Waals surface area contributed by atoms with Crippen molar-refractivity contribution in [3.8, 4) is 5.75 Å². The van der Waals surface area contributed by atoms with Gasteiger partial charge in [-0.25, -0.2) is 17.2 Å². The van der Waals surface area contributed by atoms with Gasteiger partial charge in [-0.2, -0.15) is 9.30 Å². The van der Waals surface area contributed by atoms with Gasteiger partial charge in [0.2, 0.25) is 10.0 Å². The Bertz CT molecular complexity index is 1400. The number of thioether (sulfide) groups is 1. The lowest BCUT2D eigenvalue weighted by Gasteiger charge is -2.38. The van der Waals surface area contributed by atoms with Gasteiger partial charge in [0.05, 0.1) is 10.6 Å². The van der Waals surface area contributed by atoms with Crippen molar-refractivity contribution >= 4 is 38.8 Å². The lowest BCUT2D eigenvalue weighted by molar-refractivity contribution is -0.274. The van der Waals surface area contributed by atoms with Gasteiger partial charge in [0.15, 0.2) is 5.17 Å². The standard InChI is InChI=1S/C15H14F3N3O6S2.C10H13F2N/c16-15(17,18)27-9-1-3-10(4-2-9)29(25,26)21-6-5-20(7-11(21)13(23)24)14-19-12(22)8-28-14;1-2-10(11,12)9-5-3-8(7-13)4-6-9/h1-4,11H,5-8H2,(H,23,24);3-6H,2,7,13H2,1H3/t11-;/m1./s1. The number of carboxylic acids is 1. The molecular weight excluding hydrogens is 611 g/mol. The Hall–Kier alpha value is -3.28. The van der Waals surface area contributed by atoms with Gasteiger partial charge in [-0.3, -0.25) is 9.59 Å². The summed E-state index contributed by atoms with van der Waals surface area (Å²) in [6, 6.07) is 8.19. The van der Waals surface area contributed by atoms with Crippen molar-refractivity contribution in [1.29, 1.82) is 0 Å². The molecule has 0 bridgehead atoms. The zero-order valence-electron chi connectivity index (χ0n) is 22.1. The van der Waals surface area contributed by atoms with E-state index in [-0.39, 0.29) is 48.2 Å². The fourth-order valence-electron chi connectivity index (χ4n) is 3.93. The predicted octanol–water partition coefficient (Wildman–Crippen LogP) is 3.62. The lowest BCUT2D eigenvalue weighted by atomic mass is 10.0.